The fourth-order valence-corrected chi connectivity index (χ4v) is 1.71. The van der Waals surface area contributed by atoms with Gasteiger partial charge in [-0.15, -0.1) is 0 Å². The van der Waals surface area contributed by atoms with Crippen LogP contribution in [0.3, 0.4) is 0 Å². The number of hydrogen-bond donors (Lipinski definition) is 0. The van der Waals surface area contributed by atoms with E-state index in [2.05, 4.69) is 29.8 Å². The van der Waals surface area contributed by atoms with Crippen molar-refractivity contribution in [1.82, 2.24) is 9.47 Å². The monoisotopic (exact) mass is 258 g/mol. The summed E-state index contributed by atoms with van der Waals surface area (Å²) < 4.78 is 2.91. The van der Waals surface area contributed by atoms with E-state index in [1.165, 1.54) is 0 Å². The minimum absolute atomic E-state index is 0.0319. The molecule has 0 aromatic carbocycles. The van der Waals surface area contributed by atoms with Crippen molar-refractivity contribution in [1.29, 1.82) is 0 Å². The summed E-state index contributed by atoms with van der Waals surface area (Å²) in [4.78, 5) is 13.4. The van der Waals surface area contributed by atoms with Crippen molar-refractivity contribution in [3.05, 3.63) is 22.4 Å². The van der Waals surface area contributed by atoms with E-state index in [0.717, 1.165) is 10.2 Å². The van der Waals surface area contributed by atoms with Crippen LogP contribution in [0.15, 0.2) is 16.7 Å². The highest BCUT2D eigenvalue weighted by Gasteiger charge is 2.15. The quantitative estimate of drug-likeness (QED) is 0.801. The first kappa shape index (κ1) is 11.3. The number of rotatable bonds is 2. The fraction of sp³-hybridized carbons (Fsp3) is 0.500. The van der Waals surface area contributed by atoms with Crippen LogP contribution >= 0.6 is 15.9 Å². The Balaban J connectivity index is 3.13. The van der Waals surface area contributed by atoms with Crippen molar-refractivity contribution in [3.63, 3.8) is 0 Å². The predicted molar refractivity (Wildman–Crippen MR) is 60.5 cm³/mol. The Labute approximate surface area is 92.8 Å². The third kappa shape index (κ3) is 2.18. The van der Waals surface area contributed by atoms with Gasteiger partial charge in [0.05, 0.1) is 0 Å². The van der Waals surface area contributed by atoms with Gasteiger partial charge in [-0.1, -0.05) is 0 Å². The van der Waals surface area contributed by atoms with Gasteiger partial charge in [-0.2, -0.15) is 0 Å². The van der Waals surface area contributed by atoms with Gasteiger partial charge in [-0.05, 0) is 35.8 Å². The van der Waals surface area contributed by atoms with Crippen molar-refractivity contribution < 1.29 is 4.79 Å². The van der Waals surface area contributed by atoms with Crippen LogP contribution in [0.4, 0.5) is 0 Å². The SMILES string of the molecule is CC(C)n1cc(Br)cc1C(=O)N(C)C. The molecule has 1 rings (SSSR count). The molecule has 0 saturated heterocycles. The lowest BCUT2D eigenvalue weighted by Crippen LogP contribution is -2.24. The Morgan fingerprint density at radius 3 is 2.50 bits per heavy atom. The van der Waals surface area contributed by atoms with Crippen molar-refractivity contribution in [2.45, 2.75) is 19.9 Å². The normalized spacial score (nSPS) is 10.7. The van der Waals surface area contributed by atoms with Gasteiger partial charge in [0.1, 0.15) is 5.69 Å². The summed E-state index contributed by atoms with van der Waals surface area (Å²) in [5.41, 5.74) is 0.719. The molecule has 1 aromatic rings. The number of carbonyl (C=O) groups is 1. The van der Waals surface area contributed by atoms with Crippen molar-refractivity contribution >= 4 is 21.8 Å². The summed E-state index contributed by atoms with van der Waals surface area (Å²) in [7, 11) is 3.52. The number of aromatic nitrogens is 1. The molecular weight excluding hydrogens is 244 g/mol. The van der Waals surface area contributed by atoms with E-state index < -0.39 is 0 Å². The molecular formula is C10H15BrN2O. The van der Waals surface area contributed by atoms with Crippen LogP contribution < -0.4 is 0 Å². The van der Waals surface area contributed by atoms with Crippen molar-refractivity contribution in [3.8, 4) is 0 Å². The van der Waals surface area contributed by atoms with Gasteiger partial charge < -0.3 is 9.47 Å². The van der Waals surface area contributed by atoms with Crippen molar-refractivity contribution in [2.75, 3.05) is 14.1 Å². The molecule has 4 heteroatoms. The zero-order chi connectivity index (χ0) is 10.9. The lowest BCUT2D eigenvalue weighted by atomic mass is 10.3. The van der Waals surface area contributed by atoms with E-state index >= 15 is 0 Å². The maximum Gasteiger partial charge on any atom is 0.270 e. The Hall–Kier alpha value is -0.770. The van der Waals surface area contributed by atoms with Gasteiger partial charge in [0.25, 0.3) is 5.91 Å². The highest BCUT2D eigenvalue weighted by Crippen LogP contribution is 2.20. The van der Waals surface area contributed by atoms with Gasteiger partial charge in [-0.25, -0.2) is 0 Å². The number of halogens is 1. The third-order valence-corrected chi connectivity index (χ3v) is 2.43. The molecule has 0 aliphatic carbocycles. The first-order valence-electron chi connectivity index (χ1n) is 4.52. The summed E-state index contributed by atoms with van der Waals surface area (Å²) >= 11 is 3.38. The van der Waals surface area contributed by atoms with Crippen LogP contribution in [-0.2, 0) is 0 Å². The summed E-state index contributed by atoms with van der Waals surface area (Å²) in [6.45, 7) is 4.11. The molecule has 1 amide bonds. The smallest absolute Gasteiger partial charge is 0.270 e. The van der Waals surface area contributed by atoms with Crippen LogP contribution in [0.25, 0.3) is 0 Å². The van der Waals surface area contributed by atoms with E-state index in [4.69, 9.17) is 0 Å². The number of amides is 1. The first-order chi connectivity index (χ1) is 6.43. The molecule has 78 valence electrons. The first-order valence-corrected chi connectivity index (χ1v) is 5.31. The standard InChI is InChI=1S/C10H15BrN2O/c1-7(2)13-6-8(11)5-9(13)10(14)12(3)4/h5-7H,1-4H3. The molecule has 0 unspecified atom stereocenters. The molecule has 0 atom stereocenters. The molecule has 0 radical (unpaired) electrons. The second kappa shape index (κ2) is 4.17. The molecule has 0 bridgehead atoms. The zero-order valence-electron chi connectivity index (χ0n) is 8.91. The Bertz CT molecular complexity index is 342. The predicted octanol–water partition coefficient (Wildman–Crippen LogP) is 2.53. The van der Waals surface area contributed by atoms with Gasteiger partial charge >= 0.3 is 0 Å². The molecule has 1 heterocycles. The lowest BCUT2D eigenvalue weighted by Gasteiger charge is -2.15. The van der Waals surface area contributed by atoms with Gasteiger partial charge in [0.2, 0.25) is 0 Å². The maximum absolute atomic E-state index is 11.8. The highest BCUT2D eigenvalue weighted by molar-refractivity contribution is 9.10. The minimum atomic E-state index is 0.0319. The molecule has 0 N–H and O–H groups in total. The van der Waals surface area contributed by atoms with E-state index in [-0.39, 0.29) is 5.91 Å². The Morgan fingerprint density at radius 2 is 2.07 bits per heavy atom. The van der Waals surface area contributed by atoms with E-state index in [9.17, 15) is 4.79 Å². The third-order valence-electron chi connectivity index (χ3n) is 2.00. The molecule has 0 spiro atoms. The topological polar surface area (TPSA) is 25.2 Å². The van der Waals surface area contributed by atoms with Crippen LogP contribution in [-0.4, -0.2) is 29.5 Å². The molecule has 14 heavy (non-hydrogen) atoms. The Morgan fingerprint density at radius 1 is 1.50 bits per heavy atom. The molecule has 0 saturated carbocycles. The highest BCUT2D eigenvalue weighted by atomic mass is 79.9. The average Bonchev–Trinajstić information content (AvgIpc) is 2.45. The zero-order valence-corrected chi connectivity index (χ0v) is 10.5. The number of nitrogens with zero attached hydrogens (tertiary/aromatic N) is 2. The second-order valence-electron chi connectivity index (χ2n) is 3.74. The maximum atomic E-state index is 11.8. The number of hydrogen-bond acceptors (Lipinski definition) is 1. The van der Waals surface area contributed by atoms with Gasteiger partial charge in [-0.3, -0.25) is 4.79 Å². The van der Waals surface area contributed by atoms with E-state index in [1.54, 1.807) is 19.0 Å². The van der Waals surface area contributed by atoms with E-state index in [0.29, 0.717) is 6.04 Å². The van der Waals surface area contributed by atoms with Crippen LogP contribution in [0.2, 0.25) is 0 Å². The summed E-state index contributed by atoms with van der Waals surface area (Å²) in [6, 6.07) is 2.14. The molecule has 0 aliphatic heterocycles. The van der Waals surface area contributed by atoms with Crippen LogP contribution in [0.1, 0.15) is 30.4 Å². The molecule has 3 nitrogen and oxygen atoms in total. The lowest BCUT2D eigenvalue weighted by molar-refractivity contribution is 0.0815. The second-order valence-corrected chi connectivity index (χ2v) is 4.66. The molecule has 0 fully saturated rings. The Kier molecular flexibility index (Phi) is 3.37. The fourth-order valence-electron chi connectivity index (χ4n) is 1.27. The summed E-state index contributed by atoms with van der Waals surface area (Å²) in [5.74, 6) is 0.0319. The summed E-state index contributed by atoms with van der Waals surface area (Å²) in [6.07, 6.45) is 1.93. The van der Waals surface area contributed by atoms with Crippen LogP contribution in [0, 0.1) is 0 Å². The van der Waals surface area contributed by atoms with Gasteiger partial charge in [0.15, 0.2) is 0 Å². The summed E-state index contributed by atoms with van der Waals surface area (Å²) in [5, 5.41) is 0. The van der Waals surface area contributed by atoms with E-state index in [1.807, 2.05) is 16.8 Å². The average molecular weight is 259 g/mol. The van der Waals surface area contributed by atoms with Crippen LogP contribution in [0.5, 0.6) is 0 Å². The molecule has 0 aliphatic rings. The molecule has 1 aromatic heterocycles. The van der Waals surface area contributed by atoms with Crippen molar-refractivity contribution in [2.24, 2.45) is 0 Å². The number of carbonyl (C=O) groups excluding carboxylic acids is 1. The minimum Gasteiger partial charge on any atom is -0.343 e. The largest absolute Gasteiger partial charge is 0.343 e. The van der Waals surface area contributed by atoms with Gasteiger partial charge in [0, 0.05) is 30.8 Å².